The lowest BCUT2D eigenvalue weighted by molar-refractivity contribution is -0.117. The number of amides is 1. The van der Waals surface area contributed by atoms with E-state index < -0.39 is 23.1 Å². The van der Waals surface area contributed by atoms with Gasteiger partial charge in [0.1, 0.15) is 24.0 Å². The van der Waals surface area contributed by atoms with Gasteiger partial charge >= 0.3 is 0 Å². The Morgan fingerprint density at radius 3 is 2.35 bits per heavy atom. The highest BCUT2D eigenvalue weighted by atomic mass is 19.1. The second kappa shape index (κ2) is 8.95. The Bertz CT molecular complexity index is 1130. The fourth-order valence-corrected chi connectivity index (χ4v) is 3.47. The number of halogens is 2. The zero-order valence-electron chi connectivity index (χ0n) is 16.7. The molecule has 0 spiro atoms. The number of benzene rings is 2. The lowest BCUT2D eigenvalue weighted by Gasteiger charge is -2.36. The summed E-state index contributed by atoms with van der Waals surface area (Å²) in [6.45, 7) is 2.65. The van der Waals surface area contributed by atoms with E-state index in [9.17, 15) is 18.4 Å². The second-order valence-corrected chi connectivity index (χ2v) is 7.17. The maximum atomic E-state index is 13.7. The van der Waals surface area contributed by atoms with E-state index in [1.165, 1.54) is 6.07 Å². The molecule has 1 amide bonds. The fourth-order valence-electron chi connectivity index (χ4n) is 3.47. The molecule has 9 heteroatoms. The lowest BCUT2D eigenvalue weighted by atomic mass is 10.2. The monoisotopic (exact) mass is 425 g/mol. The molecule has 1 aromatic heterocycles. The summed E-state index contributed by atoms with van der Waals surface area (Å²) < 4.78 is 27.8. The average molecular weight is 425 g/mol. The van der Waals surface area contributed by atoms with Crippen LogP contribution in [0.1, 0.15) is 0 Å². The van der Waals surface area contributed by atoms with E-state index in [0.717, 1.165) is 35.6 Å². The van der Waals surface area contributed by atoms with E-state index >= 15 is 0 Å². The highest BCUT2D eigenvalue weighted by Gasteiger charge is 2.19. The van der Waals surface area contributed by atoms with Gasteiger partial charge in [-0.1, -0.05) is 18.2 Å². The van der Waals surface area contributed by atoms with E-state index in [-0.39, 0.29) is 12.2 Å². The van der Waals surface area contributed by atoms with Gasteiger partial charge in [-0.2, -0.15) is 5.10 Å². The number of hydrogen-bond donors (Lipinski definition) is 1. The molecule has 4 rings (SSSR count). The highest BCUT2D eigenvalue weighted by Crippen LogP contribution is 2.18. The van der Waals surface area contributed by atoms with Crippen molar-refractivity contribution in [2.24, 2.45) is 0 Å². The van der Waals surface area contributed by atoms with Gasteiger partial charge in [-0.15, -0.1) is 0 Å². The zero-order chi connectivity index (χ0) is 21.8. The van der Waals surface area contributed by atoms with Crippen LogP contribution in [0.25, 0.3) is 0 Å². The Hall–Kier alpha value is -3.75. The third-order valence-corrected chi connectivity index (χ3v) is 5.08. The minimum atomic E-state index is -0.890. The van der Waals surface area contributed by atoms with Crippen LogP contribution in [0.3, 0.4) is 0 Å². The Balaban J connectivity index is 1.41. The summed E-state index contributed by atoms with van der Waals surface area (Å²) in [5.41, 5.74) is 0.554. The van der Waals surface area contributed by atoms with Crippen LogP contribution >= 0.6 is 0 Å². The van der Waals surface area contributed by atoms with E-state index in [4.69, 9.17) is 0 Å². The van der Waals surface area contributed by atoms with Gasteiger partial charge in [-0.25, -0.2) is 13.5 Å². The Labute approximate surface area is 177 Å². The van der Waals surface area contributed by atoms with Crippen LogP contribution in [0.5, 0.6) is 0 Å². The summed E-state index contributed by atoms with van der Waals surface area (Å²) >= 11 is 0. The van der Waals surface area contributed by atoms with E-state index in [0.29, 0.717) is 25.0 Å². The molecule has 0 radical (unpaired) electrons. The standard InChI is InChI=1S/C22H21F2N5O2/c23-16-6-7-19(18(24)14-16)25-21(30)15-29-22(31)9-8-20(26-29)28-12-10-27(11-13-28)17-4-2-1-3-5-17/h1-9,14H,10-13,15H2,(H,25,30). The number of aromatic nitrogens is 2. The minimum Gasteiger partial charge on any atom is -0.368 e. The molecule has 3 aromatic rings. The Morgan fingerprint density at radius 2 is 1.65 bits per heavy atom. The molecule has 31 heavy (non-hydrogen) atoms. The molecule has 1 fully saturated rings. The van der Waals surface area contributed by atoms with Gasteiger partial charge in [0.2, 0.25) is 5.91 Å². The van der Waals surface area contributed by atoms with Gasteiger partial charge in [-0.3, -0.25) is 9.59 Å². The number of carbonyl (C=O) groups excluding carboxylic acids is 1. The van der Waals surface area contributed by atoms with Crippen molar-refractivity contribution in [3.05, 3.63) is 82.7 Å². The smallest absolute Gasteiger partial charge is 0.267 e. The van der Waals surface area contributed by atoms with Crippen molar-refractivity contribution in [2.75, 3.05) is 41.3 Å². The van der Waals surface area contributed by atoms with Crippen LogP contribution in [0.15, 0.2) is 65.5 Å². The number of nitrogens with one attached hydrogen (secondary N) is 1. The van der Waals surface area contributed by atoms with Crippen LogP contribution < -0.4 is 20.7 Å². The average Bonchev–Trinajstić information content (AvgIpc) is 2.78. The zero-order valence-corrected chi connectivity index (χ0v) is 16.7. The summed E-state index contributed by atoms with van der Waals surface area (Å²) in [6, 6.07) is 16.0. The molecule has 0 atom stereocenters. The molecule has 0 aliphatic carbocycles. The topological polar surface area (TPSA) is 70.5 Å². The minimum absolute atomic E-state index is 0.160. The number of carbonyl (C=O) groups is 1. The van der Waals surface area contributed by atoms with Crippen molar-refractivity contribution < 1.29 is 13.6 Å². The van der Waals surface area contributed by atoms with Crippen LogP contribution in [0.2, 0.25) is 0 Å². The van der Waals surface area contributed by atoms with Crippen LogP contribution in [-0.2, 0) is 11.3 Å². The van der Waals surface area contributed by atoms with Gasteiger partial charge in [0, 0.05) is 44.0 Å². The van der Waals surface area contributed by atoms with Crippen molar-refractivity contribution >= 4 is 23.1 Å². The van der Waals surface area contributed by atoms with Gasteiger partial charge in [0.05, 0.1) is 5.69 Å². The van der Waals surface area contributed by atoms with Crippen molar-refractivity contribution in [2.45, 2.75) is 6.54 Å². The highest BCUT2D eigenvalue weighted by molar-refractivity contribution is 5.90. The predicted octanol–water partition coefficient (Wildman–Crippen LogP) is 2.49. The van der Waals surface area contributed by atoms with E-state index in [2.05, 4.69) is 27.4 Å². The van der Waals surface area contributed by atoms with Crippen LogP contribution in [0, 0.1) is 11.6 Å². The number of anilines is 3. The van der Waals surface area contributed by atoms with Crippen LogP contribution in [0.4, 0.5) is 26.0 Å². The number of hydrogen-bond acceptors (Lipinski definition) is 5. The fraction of sp³-hybridized carbons (Fsp3) is 0.227. The molecule has 0 unspecified atom stereocenters. The third-order valence-electron chi connectivity index (χ3n) is 5.08. The van der Waals surface area contributed by atoms with Gasteiger partial charge in [0.15, 0.2) is 0 Å². The molecule has 1 saturated heterocycles. The van der Waals surface area contributed by atoms with E-state index in [1.54, 1.807) is 6.07 Å². The molecular formula is C22H21F2N5O2. The molecule has 0 bridgehead atoms. The number of nitrogens with zero attached hydrogens (tertiary/aromatic N) is 4. The van der Waals surface area contributed by atoms with Crippen molar-refractivity contribution in [1.29, 1.82) is 0 Å². The lowest BCUT2D eigenvalue weighted by Crippen LogP contribution is -2.47. The summed E-state index contributed by atoms with van der Waals surface area (Å²) in [7, 11) is 0. The number of para-hydroxylation sites is 1. The largest absolute Gasteiger partial charge is 0.368 e. The van der Waals surface area contributed by atoms with Crippen molar-refractivity contribution in [1.82, 2.24) is 9.78 Å². The van der Waals surface area contributed by atoms with Crippen molar-refractivity contribution in [3.63, 3.8) is 0 Å². The molecule has 2 heterocycles. The molecule has 1 aliphatic heterocycles. The predicted molar refractivity (Wildman–Crippen MR) is 114 cm³/mol. The maximum absolute atomic E-state index is 13.7. The Morgan fingerprint density at radius 1 is 0.935 bits per heavy atom. The Kier molecular flexibility index (Phi) is 5.92. The molecule has 0 saturated carbocycles. The summed E-state index contributed by atoms with van der Waals surface area (Å²) in [6.07, 6.45) is 0. The second-order valence-electron chi connectivity index (χ2n) is 7.17. The van der Waals surface area contributed by atoms with E-state index in [1.807, 2.05) is 23.1 Å². The summed E-state index contributed by atoms with van der Waals surface area (Å²) in [5.74, 6) is -1.67. The van der Waals surface area contributed by atoms with Gasteiger partial charge < -0.3 is 15.1 Å². The molecule has 1 N–H and O–H groups in total. The third kappa shape index (κ3) is 4.88. The number of rotatable bonds is 5. The van der Waals surface area contributed by atoms with Crippen LogP contribution in [-0.4, -0.2) is 41.9 Å². The normalized spacial score (nSPS) is 13.9. The maximum Gasteiger partial charge on any atom is 0.267 e. The molecule has 2 aromatic carbocycles. The van der Waals surface area contributed by atoms with Crippen molar-refractivity contribution in [3.8, 4) is 0 Å². The SMILES string of the molecule is O=C(Cn1nc(N2CCN(c3ccccc3)CC2)ccc1=O)Nc1ccc(F)cc1F. The molecular weight excluding hydrogens is 404 g/mol. The summed E-state index contributed by atoms with van der Waals surface area (Å²) in [5, 5.41) is 6.64. The first-order chi connectivity index (χ1) is 15.0. The molecule has 1 aliphatic rings. The first-order valence-electron chi connectivity index (χ1n) is 9.87. The summed E-state index contributed by atoms with van der Waals surface area (Å²) in [4.78, 5) is 28.8. The van der Waals surface area contributed by atoms with Gasteiger partial charge in [-0.05, 0) is 30.3 Å². The number of piperazine rings is 1. The quantitative estimate of drug-likeness (QED) is 0.680. The molecule has 7 nitrogen and oxygen atoms in total. The first-order valence-corrected chi connectivity index (χ1v) is 9.87. The van der Waals surface area contributed by atoms with Gasteiger partial charge in [0.25, 0.3) is 5.56 Å². The molecule has 160 valence electrons. The first kappa shape index (κ1) is 20.5.